The number of aliphatic hydroxyl groups excluding tert-OH is 1. The van der Waals surface area contributed by atoms with Crippen molar-refractivity contribution >= 4 is 6.09 Å². The molecule has 0 aliphatic heterocycles. The van der Waals surface area contributed by atoms with Gasteiger partial charge in [0, 0.05) is 19.2 Å². The molecule has 5 heteroatoms. The van der Waals surface area contributed by atoms with Gasteiger partial charge in [-0.2, -0.15) is 0 Å². The van der Waals surface area contributed by atoms with E-state index in [1.807, 2.05) is 0 Å². The summed E-state index contributed by atoms with van der Waals surface area (Å²) in [5, 5.41) is 11.0. The fourth-order valence-corrected chi connectivity index (χ4v) is 1.08. The van der Waals surface area contributed by atoms with Crippen LogP contribution in [-0.4, -0.2) is 31.5 Å². The zero-order valence-electron chi connectivity index (χ0n) is 9.10. The molecular weight excluding hydrogens is 210 g/mol. The second-order valence-electron chi connectivity index (χ2n) is 3.07. The van der Waals surface area contributed by atoms with E-state index in [0.717, 1.165) is 0 Å². The van der Waals surface area contributed by atoms with Crippen molar-refractivity contribution in [2.75, 3.05) is 20.3 Å². The molecule has 0 heterocycles. The van der Waals surface area contributed by atoms with Crippen LogP contribution in [0.4, 0.5) is 4.79 Å². The van der Waals surface area contributed by atoms with Crippen LogP contribution in [0.5, 0.6) is 11.5 Å². The quantitative estimate of drug-likeness (QED) is 0.738. The number of methoxy groups -OCH3 is 1. The molecule has 0 radical (unpaired) electrons. The fourth-order valence-electron chi connectivity index (χ4n) is 1.08. The molecule has 88 valence electrons. The zero-order chi connectivity index (χ0) is 11.8. The molecule has 0 aliphatic rings. The molecule has 0 bridgehead atoms. The lowest BCUT2D eigenvalue weighted by Crippen LogP contribution is -2.28. The molecule has 0 aliphatic carbocycles. The maximum absolute atomic E-state index is 11.2. The largest absolute Gasteiger partial charge is 0.497 e. The van der Waals surface area contributed by atoms with E-state index in [9.17, 15) is 4.79 Å². The predicted octanol–water partition coefficient (Wildman–Crippen LogP) is 1.17. The zero-order valence-corrected chi connectivity index (χ0v) is 9.10. The second-order valence-corrected chi connectivity index (χ2v) is 3.07. The molecule has 5 nitrogen and oxygen atoms in total. The summed E-state index contributed by atoms with van der Waals surface area (Å²) in [4.78, 5) is 11.2. The molecule has 0 atom stereocenters. The Balaban J connectivity index is 2.43. The number of hydrogen-bond acceptors (Lipinski definition) is 4. The number of aliphatic hydroxyl groups is 1. The Labute approximate surface area is 94.0 Å². The average Bonchev–Trinajstić information content (AvgIpc) is 2.29. The number of hydrogen-bond donors (Lipinski definition) is 2. The number of rotatable bonds is 5. The van der Waals surface area contributed by atoms with Gasteiger partial charge in [0.2, 0.25) is 0 Å². The van der Waals surface area contributed by atoms with Gasteiger partial charge >= 0.3 is 6.09 Å². The highest BCUT2D eigenvalue weighted by Gasteiger charge is 2.03. The molecule has 1 aromatic carbocycles. The van der Waals surface area contributed by atoms with Crippen molar-refractivity contribution in [1.82, 2.24) is 5.32 Å². The van der Waals surface area contributed by atoms with Crippen LogP contribution >= 0.6 is 0 Å². The minimum atomic E-state index is -0.540. The van der Waals surface area contributed by atoms with Crippen LogP contribution < -0.4 is 14.8 Å². The molecule has 0 saturated heterocycles. The number of ether oxygens (including phenoxy) is 2. The predicted molar refractivity (Wildman–Crippen MR) is 58.7 cm³/mol. The lowest BCUT2D eigenvalue weighted by molar-refractivity contribution is 0.198. The van der Waals surface area contributed by atoms with Crippen LogP contribution in [0.25, 0.3) is 0 Å². The minimum absolute atomic E-state index is 0.0411. The second kappa shape index (κ2) is 6.68. The SMILES string of the molecule is COc1cccc(OC(=O)NCCCO)c1. The van der Waals surface area contributed by atoms with E-state index in [-0.39, 0.29) is 6.61 Å². The number of carbonyl (C=O) groups is 1. The van der Waals surface area contributed by atoms with Crippen LogP contribution in [0, 0.1) is 0 Å². The van der Waals surface area contributed by atoms with Crippen molar-refractivity contribution < 1.29 is 19.4 Å². The third-order valence-electron chi connectivity index (χ3n) is 1.86. The summed E-state index contributed by atoms with van der Waals surface area (Å²) < 4.78 is 9.98. The van der Waals surface area contributed by atoms with Crippen LogP contribution in [0.15, 0.2) is 24.3 Å². The highest BCUT2D eigenvalue weighted by molar-refractivity contribution is 5.70. The Bertz CT molecular complexity index is 341. The summed E-state index contributed by atoms with van der Waals surface area (Å²) in [6.45, 7) is 0.429. The number of carbonyl (C=O) groups excluding carboxylic acids is 1. The first-order valence-electron chi connectivity index (χ1n) is 4.97. The van der Waals surface area contributed by atoms with Gasteiger partial charge in [-0.05, 0) is 18.6 Å². The van der Waals surface area contributed by atoms with Crippen molar-refractivity contribution in [3.63, 3.8) is 0 Å². The van der Waals surface area contributed by atoms with E-state index >= 15 is 0 Å². The van der Waals surface area contributed by atoms with E-state index < -0.39 is 6.09 Å². The lowest BCUT2D eigenvalue weighted by atomic mass is 10.3. The van der Waals surface area contributed by atoms with Gasteiger partial charge in [-0.15, -0.1) is 0 Å². The molecule has 0 spiro atoms. The molecular formula is C11H15NO4. The molecule has 1 aromatic rings. The van der Waals surface area contributed by atoms with E-state index in [4.69, 9.17) is 14.6 Å². The highest BCUT2D eigenvalue weighted by atomic mass is 16.6. The van der Waals surface area contributed by atoms with E-state index in [1.54, 1.807) is 31.4 Å². The summed E-state index contributed by atoms with van der Waals surface area (Å²) in [6, 6.07) is 6.77. The van der Waals surface area contributed by atoms with Gasteiger partial charge in [0.25, 0.3) is 0 Å². The maximum atomic E-state index is 11.2. The summed E-state index contributed by atoms with van der Waals surface area (Å²) in [5.41, 5.74) is 0. The van der Waals surface area contributed by atoms with Crippen molar-refractivity contribution in [1.29, 1.82) is 0 Å². The molecule has 0 fully saturated rings. The Morgan fingerprint density at radius 2 is 2.19 bits per heavy atom. The van der Waals surface area contributed by atoms with Crippen LogP contribution in [0.1, 0.15) is 6.42 Å². The minimum Gasteiger partial charge on any atom is -0.497 e. The van der Waals surface area contributed by atoms with Gasteiger partial charge in [-0.3, -0.25) is 0 Å². The van der Waals surface area contributed by atoms with Gasteiger partial charge in [0.1, 0.15) is 11.5 Å². The third kappa shape index (κ3) is 4.18. The van der Waals surface area contributed by atoms with Crippen LogP contribution in [0.3, 0.4) is 0 Å². The molecule has 0 saturated carbocycles. The fraction of sp³-hybridized carbons (Fsp3) is 0.364. The average molecular weight is 225 g/mol. The number of nitrogens with one attached hydrogen (secondary N) is 1. The maximum Gasteiger partial charge on any atom is 0.412 e. The van der Waals surface area contributed by atoms with Crippen LogP contribution in [-0.2, 0) is 0 Å². The molecule has 0 aromatic heterocycles. The van der Waals surface area contributed by atoms with Crippen LogP contribution in [0.2, 0.25) is 0 Å². The molecule has 1 rings (SSSR count). The lowest BCUT2D eigenvalue weighted by Gasteiger charge is -2.06. The summed E-state index contributed by atoms with van der Waals surface area (Å²) in [6.07, 6.45) is -0.0329. The number of benzene rings is 1. The topological polar surface area (TPSA) is 67.8 Å². The summed E-state index contributed by atoms with van der Waals surface area (Å²) >= 11 is 0. The number of amides is 1. The summed E-state index contributed by atoms with van der Waals surface area (Å²) in [7, 11) is 1.54. The van der Waals surface area contributed by atoms with Crippen molar-refractivity contribution in [2.24, 2.45) is 0 Å². The first-order chi connectivity index (χ1) is 7.76. The van der Waals surface area contributed by atoms with Gasteiger partial charge < -0.3 is 19.9 Å². The normalized spacial score (nSPS) is 9.62. The highest BCUT2D eigenvalue weighted by Crippen LogP contribution is 2.18. The third-order valence-corrected chi connectivity index (χ3v) is 1.86. The molecule has 16 heavy (non-hydrogen) atoms. The Morgan fingerprint density at radius 1 is 1.44 bits per heavy atom. The Hall–Kier alpha value is -1.75. The van der Waals surface area contributed by atoms with Crippen molar-refractivity contribution in [3.05, 3.63) is 24.3 Å². The summed E-state index contributed by atoms with van der Waals surface area (Å²) in [5.74, 6) is 1.04. The van der Waals surface area contributed by atoms with Gasteiger partial charge in [-0.1, -0.05) is 6.07 Å². The van der Waals surface area contributed by atoms with Gasteiger partial charge in [0.05, 0.1) is 7.11 Å². The van der Waals surface area contributed by atoms with Gasteiger partial charge in [-0.25, -0.2) is 4.79 Å². The van der Waals surface area contributed by atoms with E-state index in [0.29, 0.717) is 24.5 Å². The molecule has 0 unspecified atom stereocenters. The monoisotopic (exact) mass is 225 g/mol. The van der Waals surface area contributed by atoms with E-state index in [2.05, 4.69) is 5.32 Å². The Kier molecular flexibility index (Phi) is 5.15. The smallest absolute Gasteiger partial charge is 0.412 e. The standard InChI is InChI=1S/C11H15NO4/c1-15-9-4-2-5-10(8-9)16-11(14)12-6-3-7-13/h2,4-5,8,13H,3,6-7H2,1H3,(H,12,14). The van der Waals surface area contributed by atoms with Crippen molar-refractivity contribution in [2.45, 2.75) is 6.42 Å². The van der Waals surface area contributed by atoms with Gasteiger partial charge in [0.15, 0.2) is 0 Å². The van der Waals surface area contributed by atoms with E-state index in [1.165, 1.54) is 0 Å². The molecule has 2 N–H and O–H groups in total. The molecule has 1 amide bonds. The Morgan fingerprint density at radius 3 is 2.88 bits per heavy atom. The first-order valence-corrected chi connectivity index (χ1v) is 4.97. The first kappa shape index (κ1) is 12.3. The van der Waals surface area contributed by atoms with Crippen molar-refractivity contribution in [3.8, 4) is 11.5 Å².